The zero-order valence-corrected chi connectivity index (χ0v) is 20.8. The molecule has 1 aliphatic carbocycles. The van der Waals surface area contributed by atoms with Crippen LogP contribution in [0.1, 0.15) is 27.7 Å². The molecule has 0 saturated heterocycles. The number of hydrogen-bond acceptors (Lipinski definition) is 0. The van der Waals surface area contributed by atoms with Gasteiger partial charge in [0.15, 0.2) is 0 Å². The molecule has 0 fully saturated rings. The summed E-state index contributed by atoms with van der Waals surface area (Å²) in [7, 11) is -2.03. The molecule has 2 aromatic rings. The van der Waals surface area contributed by atoms with Gasteiger partial charge in [0.2, 0.25) is 0 Å². The molecule has 0 heterocycles. The molecule has 1 atom stereocenters. The van der Waals surface area contributed by atoms with Gasteiger partial charge in [-0.25, -0.2) is 5.57 Å². The molecule has 0 spiro atoms. The Morgan fingerprint density at radius 3 is 1.41 bits per heavy atom. The third-order valence-corrected chi connectivity index (χ3v) is 11.5. The quantitative estimate of drug-likeness (QED) is 0.424. The van der Waals surface area contributed by atoms with Crippen molar-refractivity contribution in [2.24, 2.45) is 0 Å². The van der Waals surface area contributed by atoms with Gasteiger partial charge in [0.25, 0.3) is 0 Å². The molecule has 1 unspecified atom stereocenters. The van der Waals surface area contributed by atoms with E-state index in [1.807, 2.05) is 0 Å². The molecule has 27 heavy (non-hydrogen) atoms. The maximum Gasteiger partial charge on any atom is 4.00 e. The van der Waals surface area contributed by atoms with Gasteiger partial charge in [0, 0.05) is 0 Å². The van der Waals surface area contributed by atoms with Crippen LogP contribution in [0, 0.1) is 28.4 Å². The average molecular weight is 411 g/mol. The van der Waals surface area contributed by atoms with Gasteiger partial charge in [-0.05, 0) is 0 Å². The van der Waals surface area contributed by atoms with E-state index >= 15 is 0 Å². The van der Waals surface area contributed by atoms with Crippen molar-refractivity contribution in [3.05, 3.63) is 106 Å². The van der Waals surface area contributed by atoms with Gasteiger partial charge in [-0.2, -0.15) is 11.1 Å². The minimum atomic E-state index is -2.03. The van der Waals surface area contributed by atoms with Crippen LogP contribution in [0.2, 0.25) is 11.6 Å². The Bertz CT molecular complexity index is 735. The number of allylic oxidation sites excluding steroid dienone is 4. The molecule has 0 saturated carbocycles. The van der Waals surface area contributed by atoms with E-state index < -0.39 is 8.07 Å². The van der Waals surface area contributed by atoms with Crippen LogP contribution >= 0.6 is 0 Å². The second kappa shape index (κ2) is 10.4. The summed E-state index contributed by atoms with van der Waals surface area (Å²) in [4.78, 5) is 0. The summed E-state index contributed by atoms with van der Waals surface area (Å²) in [5, 5.41) is 2.94. The molecule has 0 aliphatic heterocycles. The van der Waals surface area contributed by atoms with E-state index in [1.165, 1.54) is 27.1 Å². The summed E-state index contributed by atoms with van der Waals surface area (Å²) in [5.74, 6) is 0. The van der Waals surface area contributed by atoms with Gasteiger partial charge in [-0.15, -0.1) is 6.92 Å². The Hall–Kier alpha value is -1.15. The molecule has 0 radical (unpaired) electrons. The first kappa shape index (κ1) is 28.1. The van der Waals surface area contributed by atoms with E-state index in [0.29, 0.717) is 0 Å². The summed E-state index contributed by atoms with van der Waals surface area (Å²) in [5.41, 5.74) is 4.21. The Balaban J connectivity index is 0. The SMILES string of the molecule is CC1=[C-]C(C)([Si](C)(c2ccccc2)c2ccccc2)C(C)=C1C.[CH3-].[CH3-].[CH3-].[Ti+4]. The molecular formula is C25H34SiTi. The predicted molar refractivity (Wildman–Crippen MR) is 122 cm³/mol. The average Bonchev–Trinajstić information content (AvgIpc) is 2.80. The fraction of sp³-hybridized carbons (Fsp3) is 0.240. The summed E-state index contributed by atoms with van der Waals surface area (Å²) in [6, 6.07) is 22.1. The monoisotopic (exact) mass is 410 g/mol. The van der Waals surface area contributed by atoms with Crippen LogP contribution in [0.4, 0.5) is 0 Å². The number of hydrogen-bond donors (Lipinski definition) is 0. The summed E-state index contributed by atoms with van der Waals surface area (Å²) < 4.78 is 0. The summed E-state index contributed by atoms with van der Waals surface area (Å²) >= 11 is 0. The van der Waals surface area contributed by atoms with Gasteiger partial charge < -0.3 is 22.3 Å². The van der Waals surface area contributed by atoms with E-state index in [1.54, 1.807) is 0 Å². The minimum Gasteiger partial charge on any atom is -0.358 e. The first-order chi connectivity index (χ1) is 10.9. The van der Waals surface area contributed by atoms with Crippen molar-refractivity contribution in [1.29, 1.82) is 0 Å². The van der Waals surface area contributed by atoms with Gasteiger partial charge >= 0.3 is 21.7 Å². The maximum absolute atomic E-state index is 3.87. The van der Waals surface area contributed by atoms with E-state index in [-0.39, 0.29) is 49.0 Å². The third-order valence-electron chi connectivity index (χ3n) is 6.01. The molecule has 0 amide bonds. The number of rotatable bonds is 3. The molecule has 2 aromatic carbocycles. The summed E-state index contributed by atoms with van der Waals surface area (Å²) in [6.07, 6.45) is 3.87. The van der Waals surface area contributed by atoms with Crippen molar-refractivity contribution >= 4 is 18.4 Å². The van der Waals surface area contributed by atoms with Crippen LogP contribution in [0.5, 0.6) is 0 Å². The Kier molecular flexibility index (Phi) is 10.8. The topological polar surface area (TPSA) is 0 Å². The van der Waals surface area contributed by atoms with E-state index in [4.69, 9.17) is 0 Å². The Morgan fingerprint density at radius 2 is 1.11 bits per heavy atom. The third kappa shape index (κ3) is 4.31. The second-order valence-electron chi connectivity index (χ2n) is 6.98. The summed E-state index contributed by atoms with van der Waals surface area (Å²) in [6.45, 7) is 11.6. The van der Waals surface area contributed by atoms with Crippen LogP contribution in [0.15, 0.2) is 77.4 Å². The first-order valence-corrected chi connectivity index (χ1v) is 10.8. The molecule has 2 heteroatoms. The first-order valence-electron chi connectivity index (χ1n) is 8.32. The fourth-order valence-corrected chi connectivity index (χ4v) is 8.59. The van der Waals surface area contributed by atoms with Gasteiger partial charge in [-0.1, -0.05) is 103 Å². The van der Waals surface area contributed by atoms with Crippen LogP contribution in [-0.4, -0.2) is 8.07 Å². The van der Waals surface area contributed by atoms with E-state index in [0.717, 1.165) is 0 Å². The molecule has 0 aromatic heterocycles. The van der Waals surface area contributed by atoms with Crippen LogP contribution in [0.25, 0.3) is 0 Å². The molecule has 1 aliphatic rings. The molecular weight excluding hydrogens is 376 g/mol. The zero-order chi connectivity index (χ0) is 16.7. The predicted octanol–water partition coefficient (Wildman–Crippen LogP) is 6.09. The Morgan fingerprint density at radius 1 is 0.741 bits per heavy atom. The largest absolute Gasteiger partial charge is 4.00 e. The molecule has 3 rings (SSSR count). The van der Waals surface area contributed by atoms with Crippen molar-refractivity contribution in [3.8, 4) is 0 Å². The van der Waals surface area contributed by atoms with Crippen LogP contribution < -0.4 is 10.4 Å². The molecule has 0 bridgehead atoms. The van der Waals surface area contributed by atoms with E-state index in [2.05, 4.69) is 101 Å². The van der Waals surface area contributed by atoms with Crippen molar-refractivity contribution in [3.63, 3.8) is 0 Å². The van der Waals surface area contributed by atoms with Gasteiger partial charge in [-0.3, -0.25) is 6.08 Å². The maximum atomic E-state index is 3.87. The fourth-order valence-electron chi connectivity index (χ4n) is 4.01. The minimum absolute atomic E-state index is 0. The molecule has 0 nitrogen and oxygen atoms in total. The van der Waals surface area contributed by atoms with Crippen molar-refractivity contribution in [2.45, 2.75) is 39.3 Å². The van der Waals surface area contributed by atoms with Crippen LogP contribution in [-0.2, 0) is 21.7 Å². The zero-order valence-electron chi connectivity index (χ0n) is 18.3. The van der Waals surface area contributed by atoms with Crippen LogP contribution in [0.3, 0.4) is 0 Å². The standard InChI is InChI=1S/C22H25Si.3CH3.Ti/c1-17-16-22(4,19(3)18(17)2)23(5,20-12-8-6-9-13-20)21-14-10-7-11-15-21;;;;/h6-15H,1-5H3;3*1H3;/q4*-1;+4. The molecule has 142 valence electrons. The smallest absolute Gasteiger partial charge is 0.358 e. The molecule has 0 N–H and O–H groups in total. The van der Waals surface area contributed by atoms with E-state index in [9.17, 15) is 0 Å². The number of benzene rings is 2. The van der Waals surface area contributed by atoms with Gasteiger partial charge in [0.1, 0.15) is 8.07 Å². The Labute approximate surface area is 184 Å². The second-order valence-corrected chi connectivity index (χ2v) is 11.4. The van der Waals surface area contributed by atoms with Crippen molar-refractivity contribution in [1.82, 2.24) is 0 Å². The van der Waals surface area contributed by atoms with Crippen molar-refractivity contribution < 1.29 is 21.7 Å². The van der Waals surface area contributed by atoms with Crippen molar-refractivity contribution in [2.75, 3.05) is 0 Å². The van der Waals surface area contributed by atoms with Gasteiger partial charge in [0.05, 0.1) is 0 Å². The normalized spacial score (nSPS) is 18.3.